The number of Topliss-reactive ketones (excluding diaryl/α,β-unsaturated/α-hetero) is 1. The normalized spacial score (nSPS) is 11.9. The summed E-state index contributed by atoms with van der Waals surface area (Å²) in [6.45, 7) is 2.81. The number of rotatable bonds is 9. The lowest BCUT2D eigenvalue weighted by atomic mass is 10.0. The lowest BCUT2D eigenvalue weighted by molar-refractivity contribution is -0.135. The van der Waals surface area contributed by atoms with Crippen LogP contribution in [0.4, 0.5) is 5.82 Å². The molecule has 3 aromatic rings. The molecule has 0 radical (unpaired) electrons. The molecule has 0 aliphatic rings. The molecule has 34 heavy (non-hydrogen) atoms. The number of amides is 2. The Balaban J connectivity index is 2.03. The molecule has 180 valence electrons. The number of fused-ring (bicyclic) bond motifs is 1. The van der Waals surface area contributed by atoms with Gasteiger partial charge in [-0.3, -0.25) is 19.4 Å². The molecule has 3 aromatic heterocycles. The number of nitrogens with two attached hydrogens (primary N) is 1. The van der Waals surface area contributed by atoms with Crippen LogP contribution in [0.1, 0.15) is 53.2 Å². The Kier molecular flexibility index (Phi) is 7.57. The van der Waals surface area contributed by atoms with Crippen LogP contribution in [0, 0.1) is 0 Å². The van der Waals surface area contributed by atoms with E-state index in [1.54, 1.807) is 31.6 Å². The molecule has 0 bridgehead atoms. The molecule has 1 atom stereocenters. The summed E-state index contributed by atoms with van der Waals surface area (Å²) < 4.78 is 1.42. The third-order valence-corrected chi connectivity index (χ3v) is 5.91. The van der Waals surface area contributed by atoms with Crippen molar-refractivity contribution in [2.24, 2.45) is 0 Å². The molecule has 0 fully saturated rings. The number of pyridine rings is 1. The number of aromatic nitrogens is 4. The van der Waals surface area contributed by atoms with Crippen molar-refractivity contribution in [3.05, 3.63) is 41.5 Å². The van der Waals surface area contributed by atoms with Crippen LogP contribution in [0.3, 0.4) is 0 Å². The molecule has 11 nitrogen and oxygen atoms in total. The van der Waals surface area contributed by atoms with E-state index < -0.39 is 6.61 Å². The van der Waals surface area contributed by atoms with Crippen LogP contribution in [0.25, 0.3) is 16.8 Å². The minimum Gasteiger partial charge on any atom is -0.387 e. The number of aliphatic hydroxyl groups excluding tert-OH is 1. The van der Waals surface area contributed by atoms with Crippen LogP contribution >= 0.6 is 0 Å². The highest BCUT2D eigenvalue weighted by Gasteiger charge is 2.23. The van der Waals surface area contributed by atoms with Gasteiger partial charge in [0.25, 0.3) is 5.91 Å². The number of ketones is 1. The number of aryl methyl sites for hydroxylation is 1. The Bertz CT molecular complexity index is 1220. The fourth-order valence-electron chi connectivity index (χ4n) is 3.94. The molecular weight excluding hydrogens is 438 g/mol. The number of hydrogen-bond donors (Lipinski definition) is 3. The maximum Gasteiger partial charge on any atom is 0.269 e. The van der Waals surface area contributed by atoms with E-state index in [0.717, 1.165) is 0 Å². The number of nitrogens with one attached hydrogen (secondary N) is 1. The van der Waals surface area contributed by atoms with Gasteiger partial charge in [-0.1, -0.05) is 13.0 Å². The summed E-state index contributed by atoms with van der Waals surface area (Å²) in [6, 6.07) is 3.21. The summed E-state index contributed by atoms with van der Waals surface area (Å²) in [6.07, 6.45) is 4.76. The number of hydrogen-bond acceptors (Lipinski definition) is 8. The topological polar surface area (TPSA) is 156 Å². The van der Waals surface area contributed by atoms with Gasteiger partial charge in [-0.05, 0) is 32.3 Å². The van der Waals surface area contributed by atoms with Crippen molar-refractivity contribution in [2.45, 2.75) is 39.2 Å². The Morgan fingerprint density at radius 3 is 2.56 bits per heavy atom. The highest BCUT2D eigenvalue weighted by Crippen LogP contribution is 2.28. The standard InChI is InChI=1S/C23H29N7O4/c1-5-15(29(4)19(33)12-31)7-9-17-20(13(2)32)21(24)30-22(28-17)16(11-27-30)14-6-8-18(26-10-14)23(34)25-3/h6,8,10-11,15,31H,5,7,9,12,24H2,1-4H3,(H,25,34)/t15-/m1/s1. The van der Waals surface area contributed by atoms with Gasteiger partial charge in [0.05, 0.1) is 17.5 Å². The lowest BCUT2D eigenvalue weighted by Crippen LogP contribution is -2.38. The highest BCUT2D eigenvalue weighted by molar-refractivity contribution is 6.00. The summed E-state index contributed by atoms with van der Waals surface area (Å²) in [5.74, 6) is -0.713. The predicted octanol–water partition coefficient (Wildman–Crippen LogP) is 1.10. The molecule has 4 N–H and O–H groups in total. The molecule has 0 aliphatic heterocycles. The SMILES string of the molecule is CC[C@H](CCc1nc2c(-c3ccc(C(=O)NC)nc3)cnn2c(N)c1C(C)=O)N(C)C(=O)CO. The number of nitrogens with zero attached hydrogens (tertiary/aromatic N) is 5. The average molecular weight is 468 g/mol. The van der Waals surface area contributed by atoms with Crippen LogP contribution < -0.4 is 11.1 Å². The lowest BCUT2D eigenvalue weighted by Gasteiger charge is -2.27. The second-order valence-corrected chi connectivity index (χ2v) is 7.94. The van der Waals surface area contributed by atoms with Gasteiger partial charge in [-0.25, -0.2) is 4.98 Å². The van der Waals surface area contributed by atoms with Crippen LogP contribution in [-0.2, 0) is 11.2 Å². The van der Waals surface area contributed by atoms with E-state index in [1.165, 1.54) is 23.4 Å². The quantitative estimate of drug-likeness (QED) is 0.395. The van der Waals surface area contributed by atoms with E-state index in [0.29, 0.717) is 47.3 Å². The Hall–Kier alpha value is -3.86. The number of likely N-dealkylation sites (N-methyl/N-ethyl adjacent to an activating group) is 1. The Morgan fingerprint density at radius 2 is 2.00 bits per heavy atom. The number of carbonyl (C=O) groups is 3. The van der Waals surface area contributed by atoms with Gasteiger partial charge < -0.3 is 21.1 Å². The van der Waals surface area contributed by atoms with E-state index in [-0.39, 0.29) is 35.2 Å². The highest BCUT2D eigenvalue weighted by atomic mass is 16.3. The first-order valence-corrected chi connectivity index (χ1v) is 10.9. The fourth-order valence-corrected chi connectivity index (χ4v) is 3.94. The van der Waals surface area contributed by atoms with Crippen molar-refractivity contribution in [2.75, 3.05) is 26.4 Å². The smallest absolute Gasteiger partial charge is 0.269 e. The average Bonchev–Trinajstić information content (AvgIpc) is 3.27. The zero-order valence-corrected chi connectivity index (χ0v) is 19.7. The second kappa shape index (κ2) is 10.4. The van der Waals surface area contributed by atoms with Gasteiger partial charge in [-0.15, -0.1) is 0 Å². The van der Waals surface area contributed by atoms with E-state index in [1.807, 2.05) is 6.92 Å². The van der Waals surface area contributed by atoms with E-state index >= 15 is 0 Å². The second-order valence-electron chi connectivity index (χ2n) is 7.94. The minimum absolute atomic E-state index is 0.135. The fraction of sp³-hybridized carbons (Fsp3) is 0.391. The van der Waals surface area contributed by atoms with Crippen molar-refractivity contribution >= 4 is 29.1 Å². The Morgan fingerprint density at radius 1 is 1.26 bits per heavy atom. The summed E-state index contributed by atoms with van der Waals surface area (Å²) in [5, 5.41) is 16.0. The molecule has 3 heterocycles. The molecule has 11 heteroatoms. The monoisotopic (exact) mass is 467 g/mol. The number of nitrogen functional groups attached to an aromatic ring is 1. The zero-order valence-electron chi connectivity index (χ0n) is 19.7. The van der Waals surface area contributed by atoms with Crippen molar-refractivity contribution < 1.29 is 19.5 Å². The molecule has 0 saturated carbocycles. The number of carbonyl (C=O) groups excluding carboxylic acids is 3. The molecule has 0 saturated heterocycles. The van der Waals surface area contributed by atoms with Crippen molar-refractivity contribution in [1.29, 1.82) is 0 Å². The molecule has 2 amide bonds. The third-order valence-electron chi connectivity index (χ3n) is 5.91. The predicted molar refractivity (Wildman–Crippen MR) is 126 cm³/mol. The first-order chi connectivity index (χ1) is 16.2. The molecule has 0 unspecified atom stereocenters. The van der Waals surface area contributed by atoms with E-state index in [4.69, 9.17) is 10.7 Å². The van der Waals surface area contributed by atoms with Gasteiger partial charge in [-0.2, -0.15) is 9.61 Å². The summed E-state index contributed by atoms with van der Waals surface area (Å²) >= 11 is 0. The van der Waals surface area contributed by atoms with Crippen LogP contribution in [0.15, 0.2) is 24.5 Å². The van der Waals surface area contributed by atoms with Crippen molar-refractivity contribution in [3.8, 4) is 11.1 Å². The number of aliphatic hydroxyl groups is 1. The summed E-state index contributed by atoms with van der Waals surface area (Å²) in [7, 11) is 3.18. The zero-order chi connectivity index (χ0) is 25.0. The van der Waals surface area contributed by atoms with Gasteiger partial charge in [0.2, 0.25) is 5.91 Å². The first-order valence-electron chi connectivity index (χ1n) is 10.9. The van der Waals surface area contributed by atoms with Gasteiger partial charge >= 0.3 is 0 Å². The van der Waals surface area contributed by atoms with Gasteiger partial charge in [0.1, 0.15) is 18.1 Å². The van der Waals surface area contributed by atoms with Crippen LogP contribution in [-0.4, -0.2) is 73.9 Å². The largest absolute Gasteiger partial charge is 0.387 e. The molecule has 3 rings (SSSR count). The third kappa shape index (κ3) is 4.74. The van der Waals surface area contributed by atoms with E-state index in [9.17, 15) is 19.5 Å². The van der Waals surface area contributed by atoms with Gasteiger partial charge in [0, 0.05) is 37.5 Å². The molecule has 0 aliphatic carbocycles. The van der Waals surface area contributed by atoms with Crippen molar-refractivity contribution in [1.82, 2.24) is 29.8 Å². The maximum atomic E-state index is 12.4. The Labute approximate surface area is 197 Å². The molecular formula is C23H29N7O4. The van der Waals surface area contributed by atoms with Crippen LogP contribution in [0.2, 0.25) is 0 Å². The van der Waals surface area contributed by atoms with Crippen molar-refractivity contribution in [3.63, 3.8) is 0 Å². The molecule has 0 aromatic carbocycles. The number of anilines is 1. The van der Waals surface area contributed by atoms with E-state index in [2.05, 4.69) is 15.4 Å². The summed E-state index contributed by atoms with van der Waals surface area (Å²) in [4.78, 5) is 46.6. The van der Waals surface area contributed by atoms with Gasteiger partial charge in [0.15, 0.2) is 11.4 Å². The summed E-state index contributed by atoms with van der Waals surface area (Å²) in [5.41, 5.74) is 9.22. The first kappa shape index (κ1) is 24.8. The maximum absolute atomic E-state index is 12.4. The van der Waals surface area contributed by atoms with Crippen LogP contribution in [0.5, 0.6) is 0 Å². The molecule has 0 spiro atoms. The minimum atomic E-state index is -0.561.